The fourth-order valence-corrected chi connectivity index (χ4v) is 4.42. The van der Waals surface area contributed by atoms with Crippen molar-refractivity contribution in [2.24, 2.45) is 0 Å². The number of hydrogen-bond acceptors (Lipinski definition) is 4. The lowest BCUT2D eigenvalue weighted by Gasteiger charge is -2.39. The molecular weight excluding hydrogens is 400 g/mol. The molecule has 160 valence electrons. The van der Waals surface area contributed by atoms with Crippen LogP contribution in [0.3, 0.4) is 0 Å². The van der Waals surface area contributed by atoms with Crippen LogP contribution < -0.4 is 9.64 Å². The maximum Gasteiger partial charge on any atom is 0.261 e. The molecule has 1 aliphatic rings. The monoisotopic (exact) mass is 424 g/mol. The molecule has 2 atom stereocenters. The summed E-state index contributed by atoms with van der Waals surface area (Å²) in [5, 5.41) is 4.51. The lowest BCUT2D eigenvalue weighted by atomic mass is 9.90. The maximum atomic E-state index is 13.7. The van der Waals surface area contributed by atoms with Crippen LogP contribution in [-0.2, 0) is 0 Å². The highest BCUT2D eigenvalue weighted by molar-refractivity contribution is 6.05. The summed E-state index contributed by atoms with van der Waals surface area (Å²) in [5.74, 6) is 1.24. The van der Waals surface area contributed by atoms with Crippen molar-refractivity contribution in [3.05, 3.63) is 107 Å². The second kappa shape index (κ2) is 8.30. The Morgan fingerprint density at radius 2 is 1.66 bits per heavy atom. The standard InChI is InChI=1S/C26H24N4O2/c1-18-12-14-19(15-13-18)22-16-23(21-10-6-7-11-24(21)32-2)30-26(27-17-28-30)29(22)25(31)20-8-4-3-5-9-20/h3-15,17,22-23H,16H2,1-2H3/t22-,23+/m1/s1. The van der Waals surface area contributed by atoms with Gasteiger partial charge in [0.05, 0.1) is 19.2 Å². The van der Waals surface area contributed by atoms with Gasteiger partial charge in [0, 0.05) is 11.1 Å². The molecule has 0 fully saturated rings. The highest BCUT2D eigenvalue weighted by atomic mass is 16.5. The highest BCUT2D eigenvalue weighted by Gasteiger charge is 2.40. The summed E-state index contributed by atoms with van der Waals surface area (Å²) in [6.07, 6.45) is 2.17. The molecule has 32 heavy (non-hydrogen) atoms. The van der Waals surface area contributed by atoms with Crippen LogP contribution in [0.4, 0.5) is 5.95 Å². The van der Waals surface area contributed by atoms with Crippen molar-refractivity contribution in [1.82, 2.24) is 14.8 Å². The van der Waals surface area contributed by atoms with Gasteiger partial charge in [-0.3, -0.25) is 9.69 Å². The van der Waals surface area contributed by atoms with Gasteiger partial charge in [0.15, 0.2) is 0 Å². The van der Waals surface area contributed by atoms with Crippen LogP contribution in [0.25, 0.3) is 0 Å². The molecule has 0 spiro atoms. The van der Waals surface area contributed by atoms with E-state index in [9.17, 15) is 4.79 Å². The van der Waals surface area contributed by atoms with E-state index < -0.39 is 0 Å². The van der Waals surface area contributed by atoms with Gasteiger partial charge >= 0.3 is 0 Å². The Kier molecular flexibility index (Phi) is 5.19. The van der Waals surface area contributed by atoms with Gasteiger partial charge in [-0.15, -0.1) is 0 Å². The smallest absolute Gasteiger partial charge is 0.261 e. The zero-order chi connectivity index (χ0) is 22.1. The number of hydrogen-bond donors (Lipinski definition) is 0. The molecule has 6 nitrogen and oxygen atoms in total. The number of para-hydroxylation sites is 1. The molecule has 1 amide bonds. The Morgan fingerprint density at radius 1 is 0.938 bits per heavy atom. The molecule has 0 saturated carbocycles. The van der Waals surface area contributed by atoms with Crippen LogP contribution in [0.1, 0.15) is 45.6 Å². The number of amides is 1. The van der Waals surface area contributed by atoms with Gasteiger partial charge in [0.25, 0.3) is 5.91 Å². The van der Waals surface area contributed by atoms with Gasteiger partial charge < -0.3 is 4.74 Å². The van der Waals surface area contributed by atoms with Crippen molar-refractivity contribution in [2.75, 3.05) is 12.0 Å². The Morgan fingerprint density at radius 3 is 2.41 bits per heavy atom. The number of fused-ring (bicyclic) bond motifs is 1. The second-order valence-corrected chi connectivity index (χ2v) is 7.97. The average molecular weight is 425 g/mol. The maximum absolute atomic E-state index is 13.7. The SMILES string of the molecule is COc1ccccc1[C@@H]1C[C@H](c2ccc(C)cc2)N(C(=O)c2ccccc2)c2ncnn21. The molecule has 0 radical (unpaired) electrons. The van der Waals surface area contributed by atoms with Crippen molar-refractivity contribution in [3.63, 3.8) is 0 Å². The van der Waals surface area contributed by atoms with E-state index in [4.69, 9.17) is 4.74 Å². The second-order valence-electron chi connectivity index (χ2n) is 7.97. The quantitative estimate of drug-likeness (QED) is 0.464. The number of carbonyl (C=O) groups is 1. The van der Waals surface area contributed by atoms with Crippen LogP contribution in [0, 0.1) is 6.92 Å². The number of aryl methyl sites for hydroxylation is 1. The number of aromatic nitrogens is 3. The first-order valence-corrected chi connectivity index (χ1v) is 10.6. The molecule has 0 N–H and O–H groups in total. The van der Waals surface area contributed by atoms with Crippen molar-refractivity contribution >= 4 is 11.9 Å². The van der Waals surface area contributed by atoms with Gasteiger partial charge in [0.1, 0.15) is 12.1 Å². The van der Waals surface area contributed by atoms with Gasteiger partial charge in [-0.25, -0.2) is 4.68 Å². The van der Waals surface area contributed by atoms with Gasteiger partial charge in [-0.2, -0.15) is 10.1 Å². The predicted molar refractivity (Wildman–Crippen MR) is 123 cm³/mol. The van der Waals surface area contributed by atoms with Crippen LogP contribution in [0.5, 0.6) is 5.75 Å². The van der Waals surface area contributed by atoms with E-state index in [0.717, 1.165) is 16.9 Å². The third-order valence-electron chi connectivity index (χ3n) is 6.02. The van der Waals surface area contributed by atoms with E-state index in [1.807, 2.05) is 53.2 Å². The number of methoxy groups -OCH3 is 1. The number of rotatable bonds is 4. The van der Waals surface area contributed by atoms with Gasteiger partial charge in [0.2, 0.25) is 5.95 Å². The molecule has 1 aliphatic heterocycles. The summed E-state index contributed by atoms with van der Waals surface area (Å²) in [6, 6.07) is 25.3. The summed E-state index contributed by atoms with van der Waals surface area (Å²) in [7, 11) is 1.67. The van der Waals surface area contributed by atoms with Gasteiger partial charge in [-0.1, -0.05) is 66.2 Å². The lowest BCUT2D eigenvalue weighted by Crippen LogP contribution is -2.42. The molecule has 2 heterocycles. The average Bonchev–Trinajstić information content (AvgIpc) is 3.33. The van der Waals surface area contributed by atoms with Crippen LogP contribution in [0.2, 0.25) is 0 Å². The zero-order valence-corrected chi connectivity index (χ0v) is 18.1. The predicted octanol–water partition coefficient (Wildman–Crippen LogP) is 4.98. The number of anilines is 1. The zero-order valence-electron chi connectivity index (χ0n) is 18.1. The highest BCUT2D eigenvalue weighted by Crippen LogP contribution is 2.44. The summed E-state index contributed by atoms with van der Waals surface area (Å²) in [5.41, 5.74) is 3.88. The first-order chi connectivity index (χ1) is 15.7. The molecule has 0 saturated heterocycles. The van der Waals surface area contributed by atoms with E-state index in [2.05, 4.69) is 47.3 Å². The summed E-state index contributed by atoms with van der Waals surface area (Å²) >= 11 is 0. The first-order valence-electron chi connectivity index (χ1n) is 10.6. The number of carbonyl (C=O) groups excluding carboxylic acids is 1. The topological polar surface area (TPSA) is 60.2 Å². The van der Waals surface area contributed by atoms with Crippen LogP contribution in [0.15, 0.2) is 85.2 Å². The summed E-state index contributed by atoms with van der Waals surface area (Å²) in [4.78, 5) is 20.0. The minimum atomic E-state index is -0.199. The van der Waals surface area contributed by atoms with E-state index in [1.165, 1.54) is 11.9 Å². The molecule has 0 unspecified atom stereocenters. The van der Waals surface area contributed by atoms with Crippen LogP contribution >= 0.6 is 0 Å². The normalized spacial score (nSPS) is 17.6. The van der Waals surface area contributed by atoms with Crippen molar-refractivity contribution in [1.29, 1.82) is 0 Å². The summed E-state index contributed by atoms with van der Waals surface area (Å²) in [6.45, 7) is 2.06. The third kappa shape index (κ3) is 3.43. The fourth-order valence-electron chi connectivity index (χ4n) is 4.42. The van der Waals surface area contributed by atoms with Crippen molar-refractivity contribution in [3.8, 4) is 5.75 Å². The molecule has 1 aromatic heterocycles. The Labute approximate surface area is 187 Å². The third-order valence-corrected chi connectivity index (χ3v) is 6.02. The van der Waals surface area contributed by atoms with E-state index in [0.29, 0.717) is 17.9 Å². The minimum absolute atomic E-state index is 0.0936. The molecule has 6 heteroatoms. The molecule has 3 aromatic carbocycles. The first kappa shape index (κ1) is 20.0. The van der Waals surface area contributed by atoms with E-state index >= 15 is 0 Å². The Bertz CT molecular complexity index is 1230. The lowest BCUT2D eigenvalue weighted by molar-refractivity contribution is 0.0963. The van der Waals surface area contributed by atoms with Crippen molar-refractivity contribution < 1.29 is 9.53 Å². The van der Waals surface area contributed by atoms with Gasteiger partial charge in [-0.05, 0) is 37.1 Å². The molecular formula is C26H24N4O2. The largest absolute Gasteiger partial charge is 0.496 e. The summed E-state index contributed by atoms with van der Waals surface area (Å²) < 4.78 is 7.49. The molecule has 5 rings (SSSR count). The number of ether oxygens (including phenoxy) is 1. The number of benzene rings is 3. The Hall–Kier alpha value is -3.93. The fraction of sp³-hybridized carbons (Fsp3) is 0.192. The van der Waals surface area contributed by atoms with E-state index in [1.54, 1.807) is 12.0 Å². The Balaban J connectivity index is 1.67. The van der Waals surface area contributed by atoms with Crippen molar-refractivity contribution in [2.45, 2.75) is 25.4 Å². The van der Waals surface area contributed by atoms with Crippen LogP contribution in [-0.4, -0.2) is 27.8 Å². The minimum Gasteiger partial charge on any atom is -0.496 e. The molecule has 0 bridgehead atoms. The molecule has 4 aromatic rings. The molecule has 0 aliphatic carbocycles. The van der Waals surface area contributed by atoms with E-state index in [-0.39, 0.29) is 18.0 Å². The number of nitrogens with zero attached hydrogens (tertiary/aromatic N) is 4.